The second-order valence-electron chi connectivity index (χ2n) is 14.9. The van der Waals surface area contributed by atoms with Crippen LogP contribution in [0.1, 0.15) is 78.9 Å². The molecule has 0 bridgehead atoms. The van der Waals surface area contributed by atoms with Crippen molar-refractivity contribution < 1.29 is 46.5 Å². The highest BCUT2D eigenvalue weighted by Crippen LogP contribution is 2.49. The second-order valence-corrected chi connectivity index (χ2v) is 15.3. The van der Waals surface area contributed by atoms with Gasteiger partial charge in [0, 0.05) is 41.6 Å². The molecule has 2 heterocycles. The molecule has 56 heavy (non-hydrogen) atoms. The molecule has 2 aromatic heterocycles. The third-order valence-electron chi connectivity index (χ3n) is 11.3. The lowest BCUT2D eigenvalue weighted by atomic mass is 9.64. The first-order valence-electron chi connectivity index (χ1n) is 18.7. The predicted octanol–water partition coefficient (Wildman–Crippen LogP) is 9.16. The van der Waals surface area contributed by atoms with E-state index in [2.05, 4.69) is 10.3 Å². The zero-order valence-corrected chi connectivity index (χ0v) is 31.7. The molecular weight excluding hydrogens is 754 g/mol. The summed E-state index contributed by atoms with van der Waals surface area (Å²) in [5.41, 5.74) is 2.90. The third kappa shape index (κ3) is 7.93. The minimum atomic E-state index is -4.84. The highest BCUT2D eigenvalue weighted by molar-refractivity contribution is 6.36. The fourth-order valence-electron chi connectivity index (χ4n) is 8.29. The zero-order chi connectivity index (χ0) is 39.8. The number of pyridine rings is 2. The number of rotatable bonds is 14. The van der Waals surface area contributed by atoms with Gasteiger partial charge in [-0.3, -0.25) is 9.59 Å². The van der Waals surface area contributed by atoms with Gasteiger partial charge < -0.3 is 24.6 Å². The van der Waals surface area contributed by atoms with E-state index in [1.165, 1.54) is 7.11 Å². The Hall–Kier alpha value is -4.75. The van der Waals surface area contributed by atoms with Crippen LogP contribution in [0.2, 0.25) is 5.02 Å². The first kappa shape index (κ1) is 39.5. The highest BCUT2D eigenvalue weighted by atomic mass is 35.5. The Balaban J connectivity index is 1.12. The smallest absolute Gasteiger partial charge is 0.421 e. The number of ketones is 1. The number of aryl methyl sites for hydroxylation is 1. The van der Waals surface area contributed by atoms with Crippen molar-refractivity contribution in [3.63, 3.8) is 0 Å². The zero-order valence-electron chi connectivity index (χ0n) is 31.0. The van der Waals surface area contributed by atoms with Crippen molar-refractivity contribution >= 4 is 23.4 Å². The summed E-state index contributed by atoms with van der Waals surface area (Å²) in [6.45, 7) is 1.26. The largest absolute Gasteiger partial charge is 0.481 e. The molecule has 9 nitrogen and oxygen atoms in total. The van der Waals surface area contributed by atoms with Crippen LogP contribution in [0.4, 0.5) is 17.6 Å². The standard InChI is InChI=1S/C42H42ClF4N3O6/c1-54-37-24(15-16-41(40(52)53)19-26(44)20-41)18-33(42(45,46)47)39(50-37)56-35-14-12-29-28(5-3-6-30(29)35)31-7-4-8-32(36(31)43)34-13-10-25(38(49-34)55-2)22-48-21-23-9-11-27(51)17-23/h3-8,10,13,18,23,26,35,48H,9,11-12,14-17,19-22H2,1-2H3,(H,52,53)/t23-,26?,35+,41?/m1/s1. The number of nitrogens with zero attached hydrogens (tertiary/aromatic N) is 2. The number of aromatic nitrogens is 2. The molecule has 2 atom stereocenters. The van der Waals surface area contributed by atoms with E-state index in [9.17, 15) is 32.3 Å². The van der Waals surface area contributed by atoms with Crippen LogP contribution < -0.4 is 19.5 Å². The Kier molecular flexibility index (Phi) is 11.3. The van der Waals surface area contributed by atoms with E-state index in [1.807, 2.05) is 48.5 Å². The average Bonchev–Trinajstić information content (AvgIpc) is 3.78. The van der Waals surface area contributed by atoms with E-state index in [1.54, 1.807) is 7.11 Å². The Morgan fingerprint density at radius 1 is 0.946 bits per heavy atom. The number of Topliss-reactive ketones (excluding diaryl/α,β-unsaturated/α-hetero) is 1. The molecular formula is C42H42ClF4N3O6. The van der Waals surface area contributed by atoms with Crippen molar-refractivity contribution in [1.29, 1.82) is 0 Å². The molecule has 3 aliphatic carbocycles. The number of carboxylic acids is 1. The Labute approximate surface area is 326 Å². The SMILES string of the molecule is COc1nc(-c2cccc(-c3cccc4c3CC[C@@H]4Oc3nc(OC)c(CCC4(C(=O)O)CC(F)C4)cc3C(F)(F)F)c2Cl)ccc1CNC[C@@H]1CCC(=O)C1. The lowest BCUT2D eigenvalue weighted by molar-refractivity contribution is -0.160. The molecule has 0 amide bonds. The first-order chi connectivity index (χ1) is 26.8. The van der Waals surface area contributed by atoms with Gasteiger partial charge >= 0.3 is 12.1 Å². The van der Waals surface area contributed by atoms with Crippen LogP contribution in [0, 0.1) is 11.3 Å². The highest BCUT2D eigenvalue weighted by Gasteiger charge is 2.50. The number of carboxylic acid groups (broad SMARTS) is 1. The minimum absolute atomic E-state index is 0.0571. The van der Waals surface area contributed by atoms with Crippen LogP contribution in [0.25, 0.3) is 22.4 Å². The van der Waals surface area contributed by atoms with Crippen molar-refractivity contribution in [2.45, 2.75) is 82.8 Å². The maximum atomic E-state index is 14.5. The van der Waals surface area contributed by atoms with Crippen LogP contribution in [-0.2, 0) is 35.2 Å². The number of nitrogens with one attached hydrogen (secondary N) is 1. The first-order valence-corrected chi connectivity index (χ1v) is 19.0. The quantitative estimate of drug-likeness (QED) is 0.120. The number of carbonyl (C=O) groups excluding carboxylic acids is 1. The number of benzene rings is 2. The van der Waals surface area contributed by atoms with Gasteiger partial charge in [0.1, 0.15) is 23.6 Å². The van der Waals surface area contributed by atoms with Crippen LogP contribution in [-0.4, -0.2) is 53.8 Å². The molecule has 0 saturated heterocycles. The molecule has 2 aromatic carbocycles. The molecule has 2 saturated carbocycles. The number of fused-ring (bicyclic) bond motifs is 1. The van der Waals surface area contributed by atoms with Crippen LogP contribution in [0.3, 0.4) is 0 Å². The topological polar surface area (TPSA) is 120 Å². The Bertz CT molecular complexity index is 2140. The fourth-order valence-corrected chi connectivity index (χ4v) is 8.61. The number of hydrogen-bond donors (Lipinski definition) is 2. The number of aliphatic carboxylic acids is 1. The normalized spacial score (nSPS) is 21.8. The van der Waals surface area contributed by atoms with Gasteiger partial charge in [0.25, 0.3) is 0 Å². The van der Waals surface area contributed by atoms with E-state index in [-0.39, 0.29) is 37.1 Å². The van der Waals surface area contributed by atoms with E-state index in [0.717, 1.165) is 41.3 Å². The van der Waals surface area contributed by atoms with E-state index in [4.69, 9.17) is 30.8 Å². The van der Waals surface area contributed by atoms with Gasteiger partial charge in [-0.05, 0) is 86.2 Å². The van der Waals surface area contributed by atoms with Gasteiger partial charge in [-0.1, -0.05) is 54.1 Å². The Morgan fingerprint density at radius 3 is 2.34 bits per heavy atom. The summed E-state index contributed by atoms with van der Waals surface area (Å²) in [6, 6.07) is 15.9. The van der Waals surface area contributed by atoms with Crippen molar-refractivity contribution in [3.05, 3.63) is 87.4 Å². The molecule has 0 aliphatic heterocycles. The number of halogens is 5. The number of ether oxygens (including phenoxy) is 3. The summed E-state index contributed by atoms with van der Waals surface area (Å²) in [5, 5.41) is 13.6. The minimum Gasteiger partial charge on any atom is -0.481 e. The summed E-state index contributed by atoms with van der Waals surface area (Å²) in [4.78, 5) is 32.4. The molecule has 4 aromatic rings. The summed E-state index contributed by atoms with van der Waals surface area (Å²) < 4.78 is 74.3. The summed E-state index contributed by atoms with van der Waals surface area (Å²) >= 11 is 7.11. The lowest BCUT2D eigenvalue weighted by Gasteiger charge is -2.40. The molecule has 0 unspecified atom stereocenters. The number of alkyl halides is 4. The van der Waals surface area contributed by atoms with Gasteiger partial charge in [0.15, 0.2) is 0 Å². The molecule has 2 N–H and O–H groups in total. The van der Waals surface area contributed by atoms with Crippen molar-refractivity contribution in [2.24, 2.45) is 11.3 Å². The van der Waals surface area contributed by atoms with E-state index in [0.29, 0.717) is 71.7 Å². The van der Waals surface area contributed by atoms with Gasteiger partial charge in [0.05, 0.1) is 30.4 Å². The van der Waals surface area contributed by atoms with Crippen molar-refractivity contribution in [1.82, 2.24) is 15.3 Å². The monoisotopic (exact) mass is 795 g/mol. The fraction of sp³-hybridized carbons (Fsp3) is 0.429. The molecule has 2 fully saturated rings. The van der Waals surface area contributed by atoms with Gasteiger partial charge in [-0.2, -0.15) is 18.2 Å². The molecule has 296 valence electrons. The summed E-state index contributed by atoms with van der Waals surface area (Å²) in [6.07, 6.45) is -4.35. The van der Waals surface area contributed by atoms with Crippen molar-refractivity contribution in [2.75, 3.05) is 20.8 Å². The Morgan fingerprint density at radius 2 is 1.66 bits per heavy atom. The van der Waals surface area contributed by atoms with Crippen LogP contribution in [0.15, 0.2) is 54.6 Å². The second kappa shape index (κ2) is 16.0. The summed E-state index contributed by atoms with van der Waals surface area (Å²) in [5.74, 6) is -0.834. The predicted molar refractivity (Wildman–Crippen MR) is 201 cm³/mol. The van der Waals surface area contributed by atoms with Gasteiger partial charge in [-0.25, -0.2) is 9.37 Å². The number of methoxy groups -OCH3 is 2. The molecule has 3 aliphatic rings. The van der Waals surface area contributed by atoms with Gasteiger partial charge in [-0.15, -0.1) is 0 Å². The molecule has 0 spiro atoms. The number of hydrogen-bond acceptors (Lipinski definition) is 8. The van der Waals surface area contributed by atoms with Crippen LogP contribution >= 0.6 is 11.6 Å². The molecule has 0 radical (unpaired) electrons. The maximum absolute atomic E-state index is 14.5. The maximum Gasteiger partial charge on any atom is 0.421 e. The summed E-state index contributed by atoms with van der Waals surface area (Å²) in [7, 11) is 2.83. The average molecular weight is 796 g/mol. The molecule has 7 rings (SSSR count). The van der Waals surface area contributed by atoms with Crippen LogP contribution in [0.5, 0.6) is 17.6 Å². The molecule has 14 heteroatoms. The van der Waals surface area contributed by atoms with Gasteiger partial charge in [0.2, 0.25) is 17.6 Å². The van der Waals surface area contributed by atoms with E-state index >= 15 is 0 Å². The van der Waals surface area contributed by atoms with Crippen molar-refractivity contribution in [3.8, 4) is 40.0 Å². The number of carbonyl (C=O) groups is 2. The van der Waals surface area contributed by atoms with E-state index < -0.39 is 41.3 Å². The lowest BCUT2D eigenvalue weighted by Crippen LogP contribution is -2.45. The third-order valence-corrected chi connectivity index (χ3v) is 11.7.